The van der Waals surface area contributed by atoms with Gasteiger partial charge in [0.25, 0.3) is 0 Å². The van der Waals surface area contributed by atoms with Crippen molar-refractivity contribution >= 4 is 23.5 Å². The van der Waals surface area contributed by atoms with Crippen LogP contribution in [0.3, 0.4) is 0 Å². The summed E-state index contributed by atoms with van der Waals surface area (Å²) in [7, 11) is 0. The highest BCUT2D eigenvalue weighted by Gasteiger charge is 2.31. The maximum Gasteiger partial charge on any atom is 0.417 e. The van der Waals surface area contributed by atoms with Gasteiger partial charge in [0, 0.05) is 11.8 Å². The molecule has 3 aromatic rings. The second-order valence-corrected chi connectivity index (χ2v) is 6.15. The molecule has 0 aliphatic rings. The minimum absolute atomic E-state index is 0.155. The average molecular weight is 404 g/mol. The van der Waals surface area contributed by atoms with Crippen molar-refractivity contribution in [2.24, 2.45) is 0 Å². The van der Waals surface area contributed by atoms with Crippen LogP contribution in [0.1, 0.15) is 21.5 Å². The molecule has 0 bridgehead atoms. The van der Waals surface area contributed by atoms with Crippen LogP contribution in [0.15, 0.2) is 72.9 Å². The minimum atomic E-state index is -4.54. The third kappa shape index (κ3) is 4.98. The Kier molecular flexibility index (Phi) is 5.80. The highest BCUT2D eigenvalue weighted by molar-refractivity contribution is 6.31. The monoisotopic (exact) mass is 403 g/mol. The van der Waals surface area contributed by atoms with Crippen LogP contribution in [0.2, 0.25) is 5.02 Å². The molecule has 3 rings (SSSR count). The van der Waals surface area contributed by atoms with Gasteiger partial charge in [0.1, 0.15) is 10.8 Å². The summed E-state index contributed by atoms with van der Waals surface area (Å²) in [6.45, 7) is 0. The zero-order valence-electron chi connectivity index (χ0n) is 14.3. The second kappa shape index (κ2) is 8.27. The Hall–Kier alpha value is -3.12. The Labute approximate surface area is 164 Å². The largest absolute Gasteiger partial charge is 0.438 e. The fourth-order valence-electron chi connectivity index (χ4n) is 2.29. The molecule has 3 nitrogen and oxygen atoms in total. The first kappa shape index (κ1) is 19.6. The summed E-state index contributed by atoms with van der Waals surface area (Å²) in [5.74, 6) is -0.0587. The van der Waals surface area contributed by atoms with Gasteiger partial charge in [-0.05, 0) is 42.0 Å². The number of carbonyl (C=O) groups excluding carboxylic acids is 1. The van der Waals surface area contributed by atoms with E-state index in [1.54, 1.807) is 18.2 Å². The van der Waals surface area contributed by atoms with E-state index in [0.29, 0.717) is 11.8 Å². The Morgan fingerprint density at radius 1 is 1.04 bits per heavy atom. The lowest BCUT2D eigenvalue weighted by molar-refractivity contribution is -0.137. The summed E-state index contributed by atoms with van der Waals surface area (Å²) >= 11 is 5.82. The summed E-state index contributed by atoms with van der Waals surface area (Å²) in [6.07, 6.45) is -0.726. The third-order valence-corrected chi connectivity index (χ3v) is 3.99. The Bertz CT molecular complexity index is 1000. The van der Waals surface area contributed by atoms with Gasteiger partial charge in [-0.1, -0.05) is 48.0 Å². The van der Waals surface area contributed by atoms with Crippen LogP contribution in [0, 0.1) is 0 Å². The number of allylic oxidation sites excluding steroid dienone is 1. The van der Waals surface area contributed by atoms with E-state index in [4.69, 9.17) is 16.3 Å². The van der Waals surface area contributed by atoms with Crippen molar-refractivity contribution in [3.8, 4) is 11.6 Å². The van der Waals surface area contributed by atoms with Crippen molar-refractivity contribution in [3.05, 3.63) is 94.6 Å². The number of nitrogens with zero attached hydrogens (tertiary/aromatic N) is 1. The summed E-state index contributed by atoms with van der Waals surface area (Å²) in [6, 6.07) is 16.2. The van der Waals surface area contributed by atoms with Gasteiger partial charge >= 0.3 is 6.18 Å². The summed E-state index contributed by atoms with van der Waals surface area (Å²) in [5, 5.41) is -0.263. The lowest BCUT2D eigenvalue weighted by Crippen LogP contribution is -2.05. The van der Waals surface area contributed by atoms with Gasteiger partial charge in [-0.2, -0.15) is 13.2 Å². The molecule has 7 heteroatoms. The van der Waals surface area contributed by atoms with Gasteiger partial charge < -0.3 is 4.74 Å². The molecule has 0 spiro atoms. The van der Waals surface area contributed by atoms with Crippen molar-refractivity contribution in [2.75, 3.05) is 0 Å². The predicted molar refractivity (Wildman–Crippen MR) is 101 cm³/mol. The van der Waals surface area contributed by atoms with Crippen LogP contribution in [-0.2, 0) is 6.18 Å². The molecule has 0 amide bonds. The number of ketones is 1. The Morgan fingerprint density at radius 2 is 1.71 bits per heavy atom. The van der Waals surface area contributed by atoms with E-state index < -0.39 is 11.7 Å². The maximum atomic E-state index is 12.6. The molecule has 0 aliphatic heterocycles. The highest BCUT2D eigenvalue weighted by atomic mass is 35.5. The molecule has 0 N–H and O–H groups in total. The van der Waals surface area contributed by atoms with Crippen LogP contribution < -0.4 is 4.74 Å². The van der Waals surface area contributed by atoms with Crippen LogP contribution >= 0.6 is 11.6 Å². The zero-order valence-corrected chi connectivity index (χ0v) is 15.0. The van der Waals surface area contributed by atoms with Crippen molar-refractivity contribution in [3.63, 3.8) is 0 Å². The van der Waals surface area contributed by atoms with Gasteiger partial charge in [0.05, 0.1) is 5.56 Å². The molecule has 0 aliphatic carbocycles. The lowest BCUT2D eigenvalue weighted by Gasteiger charge is -2.10. The Morgan fingerprint density at radius 3 is 2.32 bits per heavy atom. The van der Waals surface area contributed by atoms with Gasteiger partial charge in [-0.15, -0.1) is 0 Å². The molecule has 1 aromatic heterocycles. The average Bonchev–Trinajstić information content (AvgIpc) is 2.68. The van der Waals surface area contributed by atoms with Crippen molar-refractivity contribution in [1.82, 2.24) is 4.98 Å². The summed E-state index contributed by atoms with van der Waals surface area (Å²) in [4.78, 5) is 15.8. The first-order valence-electron chi connectivity index (χ1n) is 8.11. The number of hydrogen-bond acceptors (Lipinski definition) is 3. The second-order valence-electron chi connectivity index (χ2n) is 5.74. The predicted octanol–water partition coefficient (Wildman–Crippen LogP) is 6.44. The fourth-order valence-corrected chi connectivity index (χ4v) is 2.49. The number of ether oxygens (including phenoxy) is 1. The van der Waals surface area contributed by atoms with Crippen LogP contribution in [0.25, 0.3) is 6.08 Å². The molecule has 0 unspecified atom stereocenters. The summed E-state index contributed by atoms with van der Waals surface area (Å²) < 4.78 is 43.3. The van der Waals surface area contributed by atoms with E-state index in [-0.39, 0.29) is 22.4 Å². The number of aromatic nitrogens is 1. The zero-order chi connectivity index (χ0) is 20.1. The fraction of sp³-hybridized carbons (Fsp3) is 0.0476. The minimum Gasteiger partial charge on any atom is -0.438 e. The van der Waals surface area contributed by atoms with E-state index in [9.17, 15) is 18.0 Å². The molecule has 28 heavy (non-hydrogen) atoms. The molecular formula is C21H13ClF3NO2. The van der Waals surface area contributed by atoms with Gasteiger partial charge in [-0.3, -0.25) is 4.79 Å². The van der Waals surface area contributed by atoms with Crippen LogP contribution in [0.4, 0.5) is 13.2 Å². The van der Waals surface area contributed by atoms with Gasteiger partial charge in [0.15, 0.2) is 5.78 Å². The SMILES string of the molecule is O=C(/C=C/c1ccccc1)c1ccc(Oc2ncc(C(F)(F)F)cc2Cl)cc1. The van der Waals surface area contributed by atoms with Crippen molar-refractivity contribution in [2.45, 2.75) is 6.18 Å². The number of halogens is 4. The number of rotatable bonds is 5. The third-order valence-electron chi connectivity index (χ3n) is 3.71. The molecular weight excluding hydrogens is 391 g/mol. The lowest BCUT2D eigenvalue weighted by atomic mass is 10.1. The van der Waals surface area contributed by atoms with E-state index in [0.717, 1.165) is 11.6 Å². The van der Waals surface area contributed by atoms with Crippen molar-refractivity contribution < 1.29 is 22.7 Å². The molecule has 0 radical (unpaired) electrons. The quantitative estimate of drug-likeness (QED) is 0.363. The summed E-state index contributed by atoms with van der Waals surface area (Å²) in [5.41, 5.74) is 0.376. The number of pyridine rings is 1. The smallest absolute Gasteiger partial charge is 0.417 e. The molecule has 142 valence electrons. The number of benzene rings is 2. The van der Waals surface area contributed by atoms with E-state index in [1.165, 1.54) is 18.2 Å². The number of hydrogen-bond donors (Lipinski definition) is 0. The first-order valence-corrected chi connectivity index (χ1v) is 8.49. The first-order chi connectivity index (χ1) is 13.3. The number of alkyl halides is 3. The highest BCUT2D eigenvalue weighted by Crippen LogP contribution is 2.34. The van der Waals surface area contributed by atoms with Crippen LogP contribution in [0.5, 0.6) is 11.6 Å². The topological polar surface area (TPSA) is 39.2 Å². The van der Waals surface area contributed by atoms with Crippen LogP contribution in [-0.4, -0.2) is 10.8 Å². The Balaban J connectivity index is 1.69. The van der Waals surface area contributed by atoms with E-state index in [1.807, 2.05) is 30.3 Å². The maximum absolute atomic E-state index is 12.6. The molecule has 2 aromatic carbocycles. The normalized spacial score (nSPS) is 11.6. The van der Waals surface area contributed by atoms with Gasteiger partial charge in [0.2, 0.25) is 5.88 Å². The molecule has 1 heterocycles. The molecule has 0 fully saturated rings. The molecule has 0 saturated carbocycles. The molecule has 0 atom stereocenters. The molecule has 0 saturated heterocycles. The van der Waals surface area contributed by atoms with E-state index in [2.05, 4.69) is 4.98 Å². The van der Waals surface area contributed by atoms with E-state index >= 15 is 0 Å². The number of carbonyl (C=O) groups is 1. The van der Waals surface area contributed by atoms with Gasteiger partial charge in [-0.25, -0.2) is 4.98 Å². The standard InChI is InChI=1S/C21H13ClF3NO2/c22-18-12-16(21(23,24)25)13-26-20(18)28-17-9-7-15(8-10-17)19(27)11-6-14-4-2-1-3-5-14/h1-13H/b11-6+. The van der Waals surface area contributed by atoms with Crippen molar-refractivity contribution in [1.29, 1.82) is 0 Å².